The van der Waals surface area contributed by atoms with E-state index in [-0.39, 0.29) is 12.2 Å². The van der Waals surface area contributed by atoms with E-state index in [1.807, 2.05) is 6.07 Å². The van der Waals surface area contributed by atoms with Crippen LogP contribution in [0, 0.1) is 0 Å². The van der Waals surface area contributed by atoms with E-state index in [2.05, 4.69) is 35.6 Å². The van der Waals surface area contributed by atoms with Gasteiger partial charge in [-0.3, -0.25) is 0 Å². The molecule has 1 aliphatic rings. The Morgan fingerprint density at radius 3 is 2.41 bits per heavy atom. The minimum Gasteiger partial charge on any atom is -0.493 e. The Kier molecular flexibility index (Phi) is 6.72. The van der Waals surface area contributed by atoms with E-state index in [4.69, 9.17) is 18.9 Å². The van der Waals surface area contributed by atoms with Crippen LogP contribution in [-0.2, 0) is 22.3 Å². The molecular formula is C22H29NO4. The molecule has 1 aliphatic carbocycles. The molecule has 0 aromatic heterocycles. The molecule has 0 spiro atoms. The van der Waals surface area contributed by atoms with Gasteiger partial charge in [0.2, 0.25) is 0 Å². The first-order valence-electron chi connectivity index (χ1n) is 9.31. The van der Waals surface area contributed by atoms with Gasteiger partial charge in [-0.15, -0.1) is 0 Å². The molecule has 1 atom stereocenters. The lowest BCUT2D eigenvalue weighted by molar-refractivity contribution is -0.0987. The third-order valence-electron chi connectivity index (χ3n) is 5.32. The number of rotatable bonds is 8. The SMILES string of the molecule is COc1ccc2c(c1OC)CCc1ccccc1C2CNCC(OC)OC. The molecule has 27 heavy (non-hydrogen) atoms. The summed E-state index contributed by atoms with van der Waals surface area (Å²) in [6.07, 6.45) is 1.67. The molecule has 3 rings (SSSR count). The summed E-state index contributed by atoms with van der Waals surface area (Å²) in [5.74, 6) is 1.86. The lowest BCUT2D eigenvalue weighted by Crippen LogP contribution is -2.33. The second-order valence-corrected chi connectivity index (χ2v) is 6.68. The molecule has 0 heterocycles. The number of ether oxygens (including phenoxy) is 4. The van der Waals surface area contributed by atoms with E-state index < -0.39 is 0 Å². The van der Waals surface area contributed by atoms with Crippen LogP contribution < -0.4 is 14.8 Å². The highest BCUT2D eigenvalue weighted by molar-refractivity contribution is 5.56. The maximum atomic E-state index is 5.73. The van der Waals surface area contributed by atoms with Crippen molar-refractivity contribution >= 4 is 0 Å². The van der Waals surface area contributed by atoms with Gasteiger partial charge in [-0.1, -0.05) is 30.3 Å². The van der Waals surface area contributed by atoms with Crippen LogP contribution in [-0.4, -0.2) is 47.8 Å². The fourth-order valence-corrected chi connectivity index (χ4v) is 3.95. The molecule has 0 amide bonds. The predicted octanol–water partition coefficient (Wildman–Crippen LogP) is 3.14. The van der Waals surface area contributed by atoms with Gasteiger partial charge < -0.3 is 24.3 Å². The summed E-state index contributed by atoms with van der Waals surface area (Å²) >= 11 is 0. The summed E-state index contributed by atoms with van der Waals surface area (Å²) in [7, 11) is 6.71. The van der Waals surface area contributed by atoms with E-state index in [0.717, 1.165) is 30.9 Å². The van der Waals surface area contributed by atoms with Crippen LogP contribution in [0.5, 0.6) is 11.5 Å². The monoisotopic (exact) mass is 371 g/mol. The molecule has 0 fully saturated rings. The number of aryl methyl sites for hydroxylation is 1. The minimum atomic E-state index is -0.254. The summed E-state index contributed by atoms with van der Waals surface area (Å²) in [5, 5.41) is 3.51. The van der Waals surface area contributed by atoms with Crippen molar-refractivity contribution in [2.75, 3.05) is 41.5 Å². The van der Waals surface area contributed by atoms with Crippen molar-refractivity contribution in [2.24, 2.45) is 0 Å². The maximum absolute atomic E-state index is 5.73. The standard InChI is InChI=1S/C22H29NO4/c1-24-20-12-11-17-18(22(20)27-4)10-9-15-7-5-6-8-16(15)19(17)13-23-14-21(25-2)26-3/h5-8,11-12,19,21,23H,9-10,13-14H2,1-4H3. The number of nitrogens with one attached hydrogen (secondary N) is 1. The molecule has 1 unspecified atom stereocenters. The zero-order valence-electron chi connectivity index (χ0n) is 16.6. The van der Waals surface area contributed by atoms with Crippen LogP contribution in [0.25, 0.3) is 0 Å². The summed E-state index contributed by atoms with van der Waals surface area (Å²) < 4.78 is 21.8. The highest BCUT2D eigenvalue weighted by atomic mass is 16.7. The zero-order chi connectivity index (χ0) is 19.2. The third kappa shape index (κ3) is 4.10. The van der Waals surface area contributed by atoms with Crippen LogP contribution in [0.15, 0.2) is 36.4 Å². The Hall–Kier alpha value is -2.08. The first-order chi connectivity index (χ1) is 13.2. The van der Waals surface area contributed by atoms with Gasteiger partial charge >= 0.3 is 0 Å². The summed E-state index contributed by atoms with van der Waals surface area (Å²) in [4.78, 5) is 0. The first-order valence-corrected chi connectivity index (χ1v) is 9.31. The largest absolute Gasteiger partial charge is 0.493 e. The van der Waals surface area contributed by atoms with Crippen LogP contribution in [0.3, 0.4) is 0 Å². The molecule has 0 radical (unpaired) electrons. The van der Waals surface area contributed by atoms with Crippen molar-refractivity contribution in [3.63, 3.8) is 0 Å². The molecule has 2 aromatic carbocycles. The van der Waals surface area contributed by atoms with Crippen LogP contribution >= 0.6 is 0 Å². The lowest BCUT2D eigenvalue weighted by Gasteiger charge is -2.24. The molecule has 0 saturated carbocycles. The van der Waals surface area contributed by atoms with Crippen molar-refractivity contribution in [3.8, 4) is 11.5 Å². The van der Waals surface area contributed by atoms with Gasteiger partial charge in [-0.05, 0) is 35.6 Å². The summed E-state index contributed by atoms with van der Waals surface area (Å²) in [6.45, 7) is 1.43. The Labute approximate surface area is 161 Å². The fourth-order valence-electron chi connectivity index (χ4n) is 3.95. The molecule has 0 aliphatic heterocycles. The van der Waals surface area contributed by atoms with Crippen LogP contribution in [0.4, 0.5) is 0 Å². The molecule has 0 saturated heterocycles. The number of hydrogen-bond acceptors (Lipinski definition) is 5. The second kappa shape index (κ2) is 9.22. The first kappa shape index (κ1) is 19.7. The molecule has 5 nitrogen and oxygen atoms in total. The lowest BCUT2D eigenvalue weighted by atomic mass is 9.87. The van der Waals surface area contributed by atoms with Gasteiger partial charge in [0.1, 0.15) is 0 Å². The Balaban J connectivity index is 1.97. The topological polar surface area (TPSA) is 49.0 Å². The van der Waals surface area contributed by atoms with Gasteiger partial charge in [0.05, 0.1) is 14.2 Å². The maximum Gasteiger partial charge on any atom is 0.169 e. The van der Waals surface area contributed by atoms with Gasteiger partial charge in [-0.25, -0.2) is 0 Å². The number of benzene rings is 2. The smallest absolute Gasteiger partial charge is 0.169 e. The molecule has 1 N–H and O–H groups in total. The molecular weight excluding hydrogens is 342 g/mol. The Morgan fingerprint density at radius 1 is 0.926 bits per heavy atom. The molecule has 2 aromatic rings. The van der Waals surface area contributed by atoms with E-state index in [1.54, 1.807) is 28.4 Å². The second-order valence-electron chi connectivity index (χ2n) is 6.68. The number of methoxy groups -OCH3 is 4. The average Bonchev–Trinajstić information content (AvgIpc) is 2.87. The Morgan fingerprint density at radius 2 is 1.70 bits per heavy atom. The molecule has 5 heteroatoms. The summed E-state index contributed by atoms with van der Waals surface area (Å²) in [5.41, 5.74) is 5.27. The fraction of sp³-hybridized carbons (Fsp3) is 0.455. The van der Waals surface area contributed by atoms with Crippen molar-refractivity contribution in [2.45, 2.75) is 25.0 Å². The average molecular weight is 371 g/mol. The van der Waals surface area contributed by atoms with Gasteiger partial charge in [0.15, 0.2) is 17.8 Å². The van der Waals surface area contributed by atoms with Crippen LogP contribution in [0.2, 0.25) is 0 Å². The predicted molar refractivity (Wildman–Crippen MR) is 106 cm³/mol. The molecule has 146 valence electrons. The highest BCUT2D eigenvalue weighted by Crippen LogP contribution is 2.42. The van der Waals surface area contributed by atoms with Crippen LogP contribution in [0.1, 0.15) is 28.2 Å². The van der Waals surface area contributed by atoms with E-state index in [9.17, 15) is 0 Å². The molecule has 0 bridgehead atoms. The summed E-state index contributed by atoms with van der Waals surface area (Å²) in [6, 6.07) is 12.9. The van der Waals surface area contributed by atoms with Gasteiger partial charge in [0, 0.05) is 38.8 Å². The zero-order valence-corrected chi connectivity index (χ0v) is 16.6. The third-order valence-corrected chi connectivity index (χ3v) is 5.32. The number of fused-ring (bicyclic) bond motifs is 2. The van der Waals surface area contributed by atoms with Gasteiger partial charge in [0.25, 0.3) is 0 Å². The Bertz CT molecular complexity index is 758. The van der Waals surface area contributed by atoms with Gasteiger partial charge in [-0.2, -0.15) is 0 Å². The van der Waals surface area contributed by atoms with Crippen molar-refractivity contribution in [3.05, 3.63) is 58.7 Å². The van der Waals surface area contributed by atoms with E-state index in [1.165, 1.54) is 22.3 Å². The van der Waals surface area contributed by atoms with Crippen molar-refractivity contribution in [1.82, 2.24) is 5.32 Å². The minimum absolute atomic E-state index is 0.230. The van der Waals surface area contributed by atoms with E-state index in [0.29, 0.717) is 6.54 Å². The van der Waals surface area contributed by atoms with E-state index >= 15 is 0 Å². The normalized spacial score (nSPS) is 15.8. The van der Waals surface area contributed by atoms with Crippen molar-refractivity contribution in [1.29, 1.82) is 0 Å². The quantitative estimate of drug-likeness (QED) is 0.723. The van der Waals surface area contributed by atoms with Crippen molar-refractivity contribution < 1.29 is 18.9 Å². The highest BCUT2D eigenvalue weighted by Gasteiger charge is 2.27. The number of hydrogen-bond donors (Lipinski definition) is 1.